The highest BCUT2D eigenvalue weighted by Gasteiger charge is 2.10. The van der Waals surface area contributed by atoms with Crippen LogP contribution in [0.3, 0.4) is 0 Å². The lowest BCUT2D eigenvalue weighted by Gasteiger charge is -2.05. The second-order valence-corrected chi connectivity index (χ2v) is 5.54. The standard InChI is InChI=1S/C14H18BrN3O2/c1-9-4-5-12(20-9)8-16-13(19)6-7-18-11(3)14(15)10(2)17-18/h4-5H,6-8H2,1-3H3,(H,16,19). The monoisotopic (exact) mass is 339 g/mol. The Morgan fingerprint density at radius 1 is 1.40 bits per heavy atom. The van der Waals surface area contributed by atoms with E-state index < -0.39 is 0 Å². The van der Waals surface area contributed by atoms with Gasteiger partial charge >= 0.3 is 0 Å². The number of rotatable bonds is 5. The summed E-state index contributed by atoms with van der Waals surface area (Å²) in [5.41, 5.74) is 1.98. The first kappa shape index (κ1) is 14.8. The minimum atomic E-state index is -0.0114. The van der Waals surface area contributed by atoms with Crippen LogP contribution in [0.15, 0.2) is 21.0 Å². The van der Waals surface area contributed by atoms with Crippen LogP contribution in [0, 0.1) is 20.8 Å². The maximum absolute atomic E-state index is 11.8. The number of aryl methyl sites for hydroxylation is 3. The predicted octanol–water partition coefficient (Wildman–Crippen LogP) is 2.87. The third-order valence-electron chi connectivity index (χ3n) is 3.10. The van der Waals surface area contributed by atoms with Gasteiger partial charge in [0.05, 0.1) is 23.3 Å². The topological polar surface area (TPSA) is 60.1 Å². The molecule has 0 fully saturated rings. The maximum atomic E-state index is 11.8. The fourth-order valence-corrected chi connectivity index (χ4v) is 2.24. The quantitative estimate of drug-likeness (QED) is 0.911. The SMILES string of the molecule is Cc1ccc(CNC(=O)CCn2nc(C)c(Br)c2C)o1. The third kappa shape index (κ3) is 3.50. The average molecular weight is 340 g/mol. The van der Waals surface area contributed by atoms with Gasteiger partial charge in [-0.1, -0.05) is 0 Å². The molecule has 5 nitrogen and oxygen atoms in total. The van der Waals surface area contributed by atoms with Crippen LogP contribution >= 0.6 is 15.9 Å². The van der Waals surface area contributed by atoms with Gasteiger partial charge in [-0.25, -0.2) is 0 Å². The number of aromatic nitrogens is 2. The summed E-state index contributed by atoms with van der Waals surface area (Å²) in [7, 11) is 0. The number of nitrogens with zero attached hydrogens (tertiary/aromatic N) is 2. The molecule has 2 heterocycles. The van der Waals surface area contributed by atoms with Crippen LogP contribution in [-0.2, 0) is 17.9 Å². The van der Waals surface area contributed by atoms with E-state index in [2.05, 4.69) is 26.3 Å². The second kappa shape index (κ2) is 6.26. The van der Waals surface area contributed by atoms with E-state index in [0.29, 0.717) is 19.5 Å². The fraction of sp³-hybridized carbons (Fsp3) is 0.429. The minimum Gasteiger partial charge on any atom is -0.465 e. The van der Waals surface area contributed by atoms with Gasteiger partial charge in [-0.05, 0) is 48.8 Å². The van der Waals surface area contributed by atoms with Gasteiger partial charge in [-0.2, -0.15) is 5.10 Å². The number of hydrogen-bond donors (Lipinski definition) is 1. The Kier molecular flexibility index (Phi) is 4.65. The third-order valence-corrected chi connectivity index (χ3v) is 4.25. The van der Waals surface area contributed by atoms with Gasteiger partial charge < -0.3 is 9.73 Å². The van der Waals surface area contributed by atoms with Gasteiger partial charge in [-0.15, -0.1) is 0 Å². The molecule has 0 unspecified atom stereocenters. The molecule has 0 bridgehead atoms. The lowest BCUT2D eigenvalue weighted by molar-refractivity contribution is -0.121. The zero-order valence-corrected chi connectivity index (χ0v) is 13.5. The van der Waals surface area contributed by atoms with Crippen molar-refractivity contribution < 1.29 is 9.21 Å². The normalized spacial score (nSPS) is 10.8. The van der Waals surface area contributed by atoms with Crippen molar-refractivity contribution in [2.24, 2.45) is 0 Å². The maximum Gasteiger partial charge on any atom is 0.222 e. The van der Waals surface area contributed by atoms with Crippen molar-refractivity contribution in [3.8, 4) is 0 Å². The van der Waals surface area contributed by atoms with E-state index in [9.17, 15) is 4.79 Å². The lowest BCUT2D eigenvalue weighted by atomic mass is 10.3. The molecular weight excluding hydrogens is 322 g/mol. The zero-order valence-electron chi connectivity index (χ0n) is 11.9. The van der Waals surface area contributed by atoms with E-state index >= 15 is 0 Å². The Bertz CT molecular complexity index is 616. The van der Waals surface area contributed by atoms with Crippen LogP contribution in [-0.4, -0.2) is 15.7 Å². The molecule has 0 radical (unpaired) electrons. The Hall–Kier alpha value is -1.56. The summed E-state index contributed by atoms with van der Waals surface area (Å²) >= 11 is 3.47. The summed E-state index contributed by atoms with van der Waals surface area (Å²) in [6.45, 7) is 6.79. The van der Waals surface area contributed by atoms with Crippen LogP contribution in [0.1, 0.15) is 29.3 Å². The number of nitrogens with one attached hydrogen (secondary N) is 1. The first-order chi connectivity index (χ1) is 9.47. The van der Waals surface area contributed by atoms with Crippen molar-refractivity contribution >= 4 is 21.8 Å². The number of furan rings is 1. The van der Waals surface area contributed by atoms with E-state index in [0.717, 1.165) is 27.4 Å². The van der Waals surface area contributed by atoms with Gasteiger partial charge in [-0.3, -0.25) is 9.48 Å². The van der Waals surface area contributed by atoms with Crippen LogP contribution in [0.4, 0.5) is 0 Å². The molecular formula is C14H18BrN3O2. The zero-order chi connectivity index (χ0) is 14.7. The van der Waals surface area contributed by atoms with E-state index in [-0.39, 0.29) is 5.91 Å². The molecule has 0 saturated heterocycles. The minimum absolute atomic E-state index is 0.0114. The number of carbonyl (C=O) groups is 1. The smallest absolute Gasteiger partial charge is 0.222 e. The molecule has 6 heteroatoms. The van der Waals surface area contributed by atoms with Crippen molar-refractivity contribution in [2.75, 3.05) is 0 Å². The van der Waals surface area contributed by atoms with Crippen LogP contribution in [0.5, 0.6) is 0 Å². The molecule has 2 rings (SSSR count). The van der Waals surface area contributed by atoms with Gasteiger partial charge in [0.1, 0.15) is 11.5 Å². The summed E-state index contributed by atoms with van der Waals surface area (Å²) < 4.78 is 8.24. The van der Waals surface area contributed by atoms with E-state index in [1.807, 2.05) is 37.6 Å². The Morgan fingerprint density at radius 2 is 2.15 bits per heavy atom. The molecule has 1 amide bonds. The summed E-state index contributed by atoms with van der Waals surface area (Å²) in [6, 6.07) is 3.75. The highest BCUT2D eigenvalue weighted by atomic mass is 79.9. The van der Waals surface area contributed by atoms with Gasteiger partial charge in [0.15, 0.2) is 0 Å². The van der Waals surface area contributed by atoms with Crippen molar-refractivity contribution in [3.63, 3.8) is 0 Å². The number of amides is 1. The Labute approximate surface area is 126 Å². The van der Waals surface area contributed by atoms with Gasteiger partial charge in [0, 0.05) is 12.1 Å². The molecule has 1 N–H and O–H groups in total. The molecule has 0 saturated carbocycles. The molecule has 0 atom stereocenters. The molecule has 108 valence electrons. The average Bonchev–Trinajstić information content (AvgIpc) is 2.93. The van der Waals surface area contributed by atoms with Crippen molar-refractivity contribution in [1.29, 1.82) is 0 Å². The molecule has 2 aromatic rings. The van der Waals surface area contributed by atoms with E-state index in [4.69, 9.17) is 4.42 Å². The molecule has 20 heavy (non-hydrogen) atoms. The van der Waals surface area contributed by atoms with Crippen LogP contribution in [0.25, 0.3) is 0 Å². The molecule has 0 spiro atoms. The number of hydrogen-bond acceptors (Lipinski definition) is 3. The van der Waals surface area contributed by atoms with E-state index in [1.165, 1.54) is 0 Å². The largest absolute Gasteiger partial charge is 0.465 e. The van der Waals surface area contributed by atoms with Gasteiger partial charge in [0.25, 0.3) is 0 Å². The fourth-order valence-electron chi connectivity index (χ4n) is 1.95. The molecule has 0 aromatic carbocycles. The summed E-state index contributed by atoms with van der Waals surface area (Å²) in [6.07, 6.45) is 0.397. The summed E-state index contributed by atoms with van der Waals surface area (Å²) in [4.78, 5) is 11.8. The summed E-state index contributed by atoms with van der Waals surface area (Å²) in [5.74, 6) is 1.61. The number of halogens is 1. The van der Waals surface area contributed by atoms with E-state index in [1.54, 1.807) is 0 Å². The van der Waals surface area contributed by atoms with Gasteiger partial charge in [0.2, 0.25) is 5.91 Å². The van der Waals surface area contributed by atoms with Crippen molar-refractivity contribution in [1.82, 2.24) is 15.1 Å². The highest BCUT2D eigenvalue weighted by Crippen LogP contribution is 2.19. The number of carbonyl (C=O) groups excluding carboxylic acids is 1. The molecule has 0 aliphatic rings. The molecule has 0 aliphatic heterocycles. The summed E-state index contributed by atoms with van der Waals surface area (Å²) in [5, 5.41) is 7.21. The van der Waals surface area contributed by atoms with Crippen molar-refractivity contribution in [3.05, 3.63) is 39.5 Å². The second-order valence-electron chi connectivity index (χ2n) is 4.75. The lowest BCUT2D eigenvalue weighted by Crippen LogP contribution is -2.24. The van der Waals surface area contributed by atoms with Crippen LogP contribution in [0.2, 0.25) is 0 Å². The predicted molar refractivity (Wildman–Crippen MR) is 79.3 cm³/mol. The Morgan fingerprint density at radius 3 is 2.70 bits per heavy atom. The highest BCUT2D eigenvalue weighted by molar-refractivity contribution is 9.10. The molecule has 2 aromatic heterocycles. The Balaban J connectivity index is 1.81. The first-order valence-electron chi connectivity index (χ1n) is 6.49. The first-order valence-corrected chi connectivity index (χ1v) is 7.28. The van der Waals surface area contributed by atoms with Crippen molar-refractivity contribution in [2.45, 2.75) is 40.3 Å². The van der Waals surface area contributed by atoms with Crippen LogP contribution < -0.4 is 5.32 Å². The molecule has 0 aliphatic carbocycles.